The standard InChI is InChI=1S/C18H35N3/c1-3-15-7-8-18(19-2)16(12-15)13-20-10-11-21-9-5-4-6-17(21)14-20/h15-19H,3-14H2,1-2H3. The third-order valence-electron chi connectivity index (χ3n) is 6.45. The van der Waals surface area contributed by atoms with Crippen LogP contribution >= 0.6 is 0 Å². The van der Waals surface area contributed by atoms with E-state index >= 15 is 0 Å². The van der Waals surface area contributed by atoms with Gasteiger partial charge in [0.25, 0.3) is 0 Å². The molecular weight excluding hydrogens is 258 g/mol. The van der Waals surface area contributed by atoms with Gasteiger partial charge in [-0.2, -0.15) is 0 Å². The molecule has 2 heterocycles. The molecular formula is C18H35N3. The van der Waals surface area contributed by atoms with Crippen LogP contribution in [0, 0.1) is 11.8 Å². The molecule has 3 nitrogen and oxygen atoms in total. The minimum atomic E-state index is 0.761. The SMILES string of the molecule is CCC1CCC(NC)C(CN2CCN3CCCCC3C2)C1. The highest BCUT2D eigenvalue weighted by Crippen LogP contribution is 2.32. The van der Waals surface area contributed by atoms with E-state index in [4.69, 9.17) is 0 Å². The Bertz CT molecular complexity index is 320. The first-order chi connectivity index (χ1) is 10.3. The molecule has 1 saturated carbocycles. The molecule has 3 rings (SSSR count). The van der Waals surface area contributed by atoms with Crippen LogP contribution in [0.1, 0.15) is 51.9 Å². The number of piperidine rings is 1. The number of nitrogens with one attached hydrogen (secondary N) is 1. The van der Waals surface area contributed by atoms with Crippen molar-refractivity contribution in [1.29, 1.82) is 0 Å². The maximum atomic E-state index is 3.61. The van der Waals surface area contributed by atoms with Gasteiger partial charge in [-0.25, -0.2) is 0 Å². The number of hydrogen-bond acceptors (Lipinski definition) is 3. The summed E-state index contributed by atoms with van der Waals surface area (Å²) in [5, 5.41) is 3.61. The van der Waals surface area contributed by atoms with Gasteiger partial charge in [0.1, 0.15) is 0 Å². The van der Waals surface area contributed by atoms with Crippen LogP contribution < -0.4 is 5.32 Å². The summed E-state index contributed by atoms with van der Waals surface area (Å²) in [6.45, 7) is 9.04. The Hall–Kier alpha value is -0.120. The summed E-state index contributed by atoms with van der Waals surface area (Å²) < 4.78 is 0. The second-order valence-corrected chi connectivity index (χ2v) is 7.69. The average Bonchev–Trinajstić information content (AvgIpc) is 2.54. The molecule has 4 atom stereocenters. The fourth-order valence-electron chi connectivity index (χ4n) is 5.03. The van der Waals surface area contributed by atoms with Gasteiger partial charge in [-0.3, -0.25) is 4.90 Å². The monoisotopic (exact) mass is 293 g/mol. The van der Waals surface area contributed by atoms with Gasteiger partial charge in [0.05, 0.1) is 0 Å². The maximum absolute atomic E-state index is 3.61. The predicted molar refractivity (Wildman–Crippen MR) is 89.6 cm³/mol. The molecule has 21 heavy (non-hydrogen) atoms. The van der Waals surface area contributed by atoms with E-state index in [2.05, 4.69) is 29.1 Å². The molecule has 0 aromatic heterocycles. The minimum absolute atomic E-state index is 0.761. The second-order valence-electron chi connectivity index (χ2n) is 7.69. The molecule has 0 aromatic rings. The number of hydrogen-bond donors (Lipinski definition) is 1. The smallest absolute Gasteiger partial charge is 0.0223 e. The Kier molecular flexibility index (Phi) is 5.58. The lowest BCUT2D eigenvalue weighted by molar-refractivity contribution is 0.0315. The van der Waals surface area contributed by atoms with Gasteiger partial charge in [-0.15, -0.1) is 0 Å². The zero-order valence-corrected chi connectivity index (χ0v) is 14.2. The zero-order chi connectivity index (χ0) is 14.7. The Balaban J connectivity index is 1.54. The Morgan fingerprint density at radius 1 is 1.05 bits per heavy atom. The highest BCUT2D eigenvalue weighted by molar-refractivity contribution is 4.90. The van der Waals surface area contributed by atoms with Crippen LogP contribution in [0.2, 0.25) is 0 Å². The van der Waals surface area contributed by atoms with Crippen LogP contribution in [0.3, 0.4) is 0 Å². The molecule has 0 radical (unpaired) electrons. The van der Waals surface area contributed by atoms with Gasteiger partial charge in [0.15, 0.2) is 0 Å². The van der Waals surface area contributed by atoms with Crippen molar-refractivity contribution in [2.24, 2.45) is 11.8 Å². The minimum Gasteiger partial charge on any atom is -0.317 e. The third-order valence-corrected chi connectivity index (χ3v) is 6.45. The van der Waals surface area contributed by atoms with Crippen molar-refractivity contribution in [2.75, 3.05) is 39.8 Å². The van der Waals surface area contributed by atoms with Crippen molar-refractivity contribution in [2.45, 2.75) is 64.0 Å². The van der Waals surface area contributed by atoms with Gasteiger partial charge in [-0.1, -0.05) is 19.8 Å². The first-order valence-corrected chi connectivity index (χ1v) is 9.43. The van der Waals surface area contributed by atoms with Gasteiger partial charge < -0.3 is 10.2 Å². The molecule has 4 unspecified atom stereocenters. The van der Waals surface area contributed by atoms with Crippen LogP contribution in [0.4, 0.5) is 0 Å². The van der Waals surface area contributed by atoms with Crippen molar-refractivity contribution in [3.63, 3.8) is 0 Å². The first-order valence-electron chi connectivity index (χ1n) is 9.43. The quantitative estimate of drug-likeness (QED) is 0.859. The van der Waals surface area contributed by atoms with Crippen LogP contribution in [-0.4, -0.2) is 61.7 Å². The summed E-state index contributed by atoms with van der Waals surface area (Å²) in [5.41, 5.74) is 0. The van der Waals surface area contributed by atoms with E-state index in [0.717, 1.165) is 23.9 Å². The normalized spacial score (nSPS) is 39.1. The van der Waals surface area contributed by atoms with Crippen molar-refractivity contribution in [3.8, 4) is 0 Å². The molecule has 2 aliphatic heterocycles. The summed E-state index contributed by atoms with van der Waals surface area (Å²) >= 11 is 0. The highest BCUT2D eigenvalue weighted by atomic mass is 15.3. The van der Waals surface area contributed by atoms with Crippen molar-refractivity contribution in [1.82, 2.24) is 15.1 Å². The second kappa shape index (κ2) is 7.43. The fourth-order valence-corrected chi connectivity index (χ4v) is 5.03. The largest absolute Gasteiger partial charge is 0.317 e. The molecule has 2 saturated heterocycles. The molecule has 3 aliphatic rings. The highest BCUT2D eigenvalue weighted by Gasteiger charge is 2.33. The lowest BCUT2D eigenvalue weighted by Crippen LogP contribution is -2.56. The van der Waals surface area contributed by atoms with Gasteiger partial charge >= 0.3 is 0 Å². The molecule has 122 valence electrons. The average molecular weight is 293 g/mol. The van der Waals surface area contributed by atoms with E-state index in [1.165, 1.54) is 77.7 Å². The van der Waals surface area contributed by atoms with Crippen LogP contribution in [0.25, 0.3) is 0 Å². The maximum Gasteiger partial charge on any atom is 0.0223 e. The van der Waals surface area contributed by atoms with Crippen LogP contribution in [0.5, 0.6) is 0 Å². The van der Waals surface area contributed by atoms with Gasteiger partial charge in [-0.05, 0) is 57.5 Å². The summed E-state index contributed by atoms with van der Waals surface area (Å²) in [5.74, 6) is 1.86. The van der Waals surface area contributed by atoms with Crippen molar-refractivity contribution in [3.05, 3.63) is 0 Å². The molecule has 1 N–H and O–H groups in total. The third kappa shape index (κ3) is 3.80. The van der Waals surface area contributed by atoms with E-state index in [9.17, 15) is 0 Å². The number of nitrogens with zero attached hydrogens (tertiary/aromatic N) is 2. The lowest BCUT2D eigenvalue weighted by atomic mass is 9.76. The Labute approximate surface area is 131 Å². The molecule has 0 spiro atoms. The number of fused-ring (bicyclic) bond motifs is 1. The summed E-state index contributed by atoms with van der Waals surface area (Å²) in [6, 6.07) is 1.63. The molecule has 3 fully saturated rings. The lowest BCUT2D eigenvalue weighted by Gasteiger charge is -2.46. The zero-order valence-electron chi connectivity index (χ0n) is 14.2. The summed E-state index contributed by atoms with van der Waals surface area (Å²) in [4.78, 5) is 5.55. The Morgan fingerprint density at radius 3 is 2.76 bits per heavy atom. The molecule has 0 amide bonds. The molecule has 0 aromatic carbocycles. The number of rotatable bonds is 4. The van der Waals surface area contributed by atoms with E-state index in [1.54, 1.807) is 0 Å². The van der Waals surface area contributed by atoms with Crippen LogP contribution in [0.15, 0.2) is 0 Å². The first kappa shape index (κ1) is 15.8. The van der Waals surface area contributed by atoms with Gasteiger partial charge in [0, 0.05) is 38.3 Å². The van der Waals surface area contributed by atoms with E-state index in [-0.39, 0.29) is 0 Å². The fraction of sp³-hybridized carbons (Fsp3) is 1.00. The summed E-state index contributed by atoms with van der Waals surface area (Å²) in [6.07, 6.45) is 9.98. The predicted octanol–water partition coefficient (Wildman–Crippen LogP) is 2.57. The van der Waals surface area contributed by atoms with E-state index in [0.29, 0.717) is 0 Å². The topological polar surface area (TPSA) is 18.5 Å². The summed E-state index contributed by atoms with van der Waals surface area (Å²) in [7, 11) is 2.17. The molecule has 0 bridgehead atoms. The molecule has 3 heteroatoms. The van der Waals surface area contributed by atoms with E-state index in [1.807, 2.05) is 0 Å². The Morgan fingerprint density at radius 2 is 1.95 bits per heavy atom. The number of piperazine rings is 1. The van der Waals surface area contributed by atoms with Crippen LogP contribution in [-0.2, 0) is 0 Å². The van der Waals surface area contributed by atoms with Crippen molar-refractivity contribution >= 4 is 0 Å². The molecule has 1 aliphatic carbocycles. The van der Waals surface area contributed by atoms with Gasteiger partial charge in [0.2, 0.25) is 0 Å². The van der Waals surface area contributed by atoms with Crippen molar-refractivity contribution < 1.29 is 0 Å². The van der Waals surface area contributed by atoms with E-state index < -0.39 is 0 Å².